The van der Waals surface area contributed by atoms with Gasteiger partial charge in [0.2, 0.25) is 0 Å². The first-order valence-corrected chi connectivity index (χ1v) is 6.55. The minimum absolute atomic E-state index is 0.0324. The first-order valence-electron chi connectivity index (χ1n) is 6.17. The van der Waals surface area contributed by atoms with Gasteiger partial charge in [0.1, 0.15) is 0 Å². The Morgan fingerprint density at radius 1 is 1.29 bits per heavy atom. The summed E-state index contributed by atoms with van der Waals surface area (Å²) < 4.78 is 2.43. The molecule has 0 aliphatic rings. The van der Waals surface area contributed by atoms with Gasteiger partial charge < -0.3 is 4.57 Å². The zero-order chi connectivity index (χ0) is 15.6. The second kappa shape index (κ2) is 5.92. The molecule has 21 heavy (non-hydrogen) atoms. The van der Waals surface area contributed by atoms with Crippen LogP contribution in [0.25, 0.3) is 0 Å². The fraction of sp³-hybridized carbons (Fsp3) is 0.231. The summed E-state index contributed by atoms with van der Waals surface area (Å²) in [5, 5.41) is 10.8. The lowest BCUT2D eigenvalue weighted by molar-refractivity contribution is -0.384. The van der Waals surface area contributed by atoms with Gasteiger partial charge in [0.15, 0.2) is 0 Å². The lowest BCUT2D eigenvalue weighted by Crippen LogP contribution is -2.39. The first-order chi connectivity index (χ1) is 9.93. The van der Waals surface area contributed by atoms with Gasteiger partial charge in [0, 0.05) is 30.9 Å². The Labute approximate surface area is 124 Å². The lowest BCUT2D eigenvalue weighted by Gasteiger charge is -2.09. The maximum atomic E-state index is 12.1. The van der Waals surface area contributed by atoms with Crippen molar-refractivity contribution >= 4 is 17.3 Å². The molecule has 1 aromatic heterocycles. The summed E-state index contributed by atoms with van der Waals surface area (Å²) in [6, 6.07) is 5.22. The third-order valence-electron chi connectivity index (χ3n) is 3.06. The number of halogens is 1. The smallest absolute Gasteiger partial charge is 0.301 e. The van der Waals surface area contributed by atoms with Crippen LogP contribution in [0.1, 0.15) is 12.5 Å². The van der Waals surface area contributed by atoms with E-state index in [1.807, 2.05) is 0 Å². The van der Waals surface area contributed by atoms with Crippen LogP contribution < -0.4 is 11.2 Å². The number of rotatable bonds is 4. The van der Waals surface area contributed by atoms with E-state index in [0.717, 1.165) is 4.57 Å². The van der Waals surface area contributed by atoms with Gasteiger partial charge in [-0.2, -0.15) is 0 Å². The maximum Gasteiger partial charge on any atom is 0.331 e. The molecule has 0 amide bonds. The number of hydrogen-bond donors (Lipinski definition) is 0. The molecule has 7 nitrogen and oxygen atoms in total. The summed E-state index contributed by atoms with van der Waals surface area (Å²) in [5.74, 6) is 0. The van der Waals surface area contributed by atoms with Crippen LogP contribution in [0.4, 0.5) is 5.69 Å². The second-order valence-electron chi connectivity index (χ2n) is 4.34. The number of nitro groups is 1. The Hall–Kier alpha value is -2.41. The molecule has 0 N–H and O–H groups in total. The van der Waals surface area contributed by atoms with Gasteiger partial charge in [-0.3, -0.25) is 19.5 Å². The first kappa shape index (κ1) is 15.0. The molecule has 0 radical (unpaired) electrons. The summed E-state index contributed by atoms with van der Waals surface area (Å²) in [5.41, 5.74) is -0.566. The van der Waals surface area contributed by atoms with Crippen LogP contribution in [0.15, 0.2) is 40.1 Å². The molecule has 0 aliphatic carbocycles. The molecule has 0 bridgehead atoms. The standard InChI is InChI=1S/C13H12ClN3O4/c1-2-15-6-5-12(18)16(13(15)19)8-9-3-4-10(17(20)21)7-11(9)14/h3-7H,2,8H2,1H3. The fourth-order valence-electron chi connectivity index (χ4n) is 1.89. The number of non-ortho nitro benzene ring substituents is 1. The molecular weight excluding hydrogens is 298 g/mol. The molecular formula is C13H12ClN3O4. The van der Waals surface area contributed by atoms with E-state index in [9.17, 15) is 19.7 Å². The largest absolute Gasteiger partial charge is 0.331 e. The molecule has 1 heterocycles. The van der Waals surface area contributed by atoms with Crippen molar-refractivity contribution in [1.82, 2.24) is 9.13 Å². The molecule has 8 heteroatoms. The minimum Gasteiger partial charge on any atom is -0.301 e. The highest BCUT2D eigenvalue weighted by atomic mass is 35.5. The van der Waals surface area contributed by atoms with Crippen molar-refractivity contribution in [1.29, 1.82) is 0 Å². The van der Waals surface area contributed by atoms with Crippen molar-refractivity contribution in [2.75, 3.05) is 0 Å². The predicted molar refractivity (Wildman–Crippen MR) is 77.8 cm³/mol. The van der Waals surface area contributed by atoms with Crippen LogP contribution >= 0.6 is 11.6 Å². The summed E-state index contributed by atoms with van der Waals surface area (Å²) in [7, 11) is 0. The number of nitrogens with zero attached hydrogens (tertiary/aromatic N) is 3. The zero-order valence-corrected chi connectivity index (χ0v) is 11.9. The lowest BCUT2D eigenvalue weighted by atomic mass is 10.2. The Morgan fingerprint density at radius 2 is 2.00 bits per heavy atom. The van der Waals surface area contributed by atoms with E-state index in [2.05, 4.69) is 0 Å². The predicted octanol–water partition coefficient (Wildman–Crippen LogP) is 1.64. The Bertz CT molecular complexity index is 810. The molecule has 1 aromatic carbocycles. The number of aryl methyl sites for hydroxylation is 1. The number of aromatic nitrogens is 2. The quantitative estimate of drug-likeness (QED) is 0.634. The summed E-state index contributed by atoms with van der Waals surface area (Å²) in [6.07, 6.45) is 1.43. The Kier molecular flexibility index (Phi) is 4.23. The van der Waals surface area contributed by atoms with E-state index >= 15 is 0 Å². The minimum atomic E-state index is -0.561. The third-order valence-corrected chi connectivity index (χ3v) is 3.41. The molecule has 0 atom stereocenters. The number of nitro benzene ring substituents is 1. The zero-order valence-electron chi connectivity index (χ0n) is 11.2. The van der Waals surface area contributed by atoms with Crippen molar-refractivity contribution < 1.29 is 4.92 Å². The van der Waals surface area contributed by atoms with Crippen molar-refractivity contribution in [3.63, 3.8) is 0 Å². The molecule has 0 fully saturated rings. The van der Waals surface area contributed by atoms with Crippen LogP contribution in [0.3, 0.4) is 0 Å². The number of benzene rings is 1. The van der Waals surface area contributed by atoms with Crippen molar-refractivity contribution in [3.8, 4) is 0 Å². The molecule has 2 rings (SSSR count). The van der Waals surface area contributed by atoms with Gasteiger partial charge in [0.25, 0.3) is 11.2 Å². The molecule has 0 saturated heterocycles. The molecule has 0 spiro atoms. The summed E-state index contributed by atoms with van der Waals surface area (Å²) in [4.78, 5) is 34.0. The SMILES string of the molecule is CCn1ccc(=O)n(Cc2ccc([N+](=O)[O-])cc2Cl)c1=O. The van der Waals surface area contributed by atoms with Crippen molar-refractivity contribution in [3.05, 3.63) is 72.0 Å². The van der Waals surface area contributed by atoms with Crippen LogP contribution in [0, 0.1) is 10.1 Å². The third kappa shape index (κ3) is 3.03. The van der Waals surface area contributed by atoms with E-state index in [0.29, 0.717) is 12.1 Å². The highest BCUT2D eigenvalue weighted by Gasteiger charge is 2.12. The van der Waals surface area contributed by atoms with Gasteiger partial charge in [-0.1, -0.05) is 11.6 Å². The Balaban J connectivity index is 2.46. The Morgan fingerprint density at radius 3 is 2.57 bits per heavy atom. The van der Waals surface area contributed by atoms with Gasteiger partial charge in [-0.05, 0) is 18.6 Å². The molecule has 0 aliphatic heterocycles. The van der Waals surface area contributed by atoms with Crippen LogP contribution in [-0.2, 0) is 13.1 Å². The summed E-state index contributed by atoms with van der Waals surface area (Å²) in [6.45, 7) is 2.19. The van der Waals surface area contributed by atoms with Crippen LogP contribution in [-0.4, -0.2) is 14.1 Å². The molecule has 0 unspecified atom stereocenters. The van der Waals surface area contributed by atoms with Crippen molar-refractivity contribution in [2.24, 2.45) is 0 Å². The monoisotopic (exact) mass is 309 g/mol. The molecule has 2 aromatic rings. The van der Waals surface area contributed by atoms with Crippen LogP contribution in [0.5, 0.6) is 0 Å². The number of hydrogen-bond acceptors (Lipinski definition) is 4. The van der Waals surface area contributed by atoms with E-state index in [1.165, 1.54) is 35.0 Å². The van der Waals surface area contributed by atoms with Gasteiger partial charge in [0.05, 0.1) is 16.5 Å². The van der Waals surface area contributed by atoms with E-state index in [1.54, 1.807) is 6.92 Å². The van der Waals surface area contributed by atoms with Crippen molar-refractivity contribution in [2.45, 2.75) is 20.0 Å². The van der Waals surface area contributed by atoms with E-state index < -0.39 is 16.2 Å². The van der Waals surface area contributed by atoms with Gasteiger partial charge in [-0.15, -0.1) is 0 Å². The fourth-order valence-corrected chi connectivity index (χ4v) is 2.13. The topological polar surface area (TPSA) is 87.1 Å². The summed E-state index contributed by atoms with van der Waals surface area (Å²) >= 11 is 5.97. The van der Waals surface area contributed by atoms with Gasteiger partial charge in [-0.25, -0.2) is 4.79 Å². The molecule has 0 saturated carbocycles. The molecule has 110 valence electrons. The average molecular weight is 310 g/mol. The van der Waals surface area contributed by atoms with E-state index in [4.69, 9.17) is 11.6 Å². The van der Waals surface area contributed by atoms with Gasteiger partial charge >= 0.3 is 5.69 Å². The maximum absolute atomic E-state index is 12.1. The second-order valence-corrected chi connectivity index (χ2v) is 4.75. The average Bonchev–Trinajstić information content (AvgIpc) is 2.44. The highest BCUT2D eigenvalue weighted by Crippen LogP contribution is 2.22. The van der Waals surface area contributed by atoms with Crippen LogP contribution in [0.2, 0.25) is 5.02 Å². The highest BCUT2D eigenvalue weighted by molar-refractivity contribution is 6.31. The van der Waals surface area contributed by atoms with E-state index in [-0.39, 0.29) is 17.3 Å². The normalized spacial score (nSPS) is 10.6.